The summed E-state index contributed by atoms with van der Waals surface area (Å²) in [7, 11) is 2.24. The van der Waals surface area contributed by atoms with E-state index in [0.29, 0.717) is 6.04 Å². The summed E-state index contributed by atoms with van der Waals surface area (Å²) in [4.78, 5) is 9.51. The van der Waals surface area contributed by atoms with Gasteiger partial charge >= 0.3 is 0 Å². The Bertz CT molecular complexity index is 390. The molecule has 1 aliphatic rings. The Labute approximate surface area is 123 Å². The average Bonchev–Trinajstić information content (AvgIpc) is 2.48. The van der Waals surface area contributed by atoms with Crippen molar-refractivity contribution in [3.05, 3.63) is 23.9 Å². The first kappa shape index (κ1) is 15.3. The van der Waals surface area contributed by atoms with E-state index in [2.05, 4.69) is 53.1 Å². The Morgan fingerprint density at radius 1 is 1.30 bits per heavy atom. The first-order valence-electron chi connectivity index (χ1n) is 7.84. The molecule has 2 heterocycles. The molecular weight excluding hydrogens is 248 g/mol. The molecule has 1 aromatic rings. The van der Waals surface area contributed by atoms with Crippen LogP contribution in [0.2, 0.25) is 0 Å². The minimum Gasteiger partial charge on any atom is -0.370 e. The van der Waals surface area contributed by atoms with Crippen molar-refractivity contribution >= 4 is 5.82 Å². The van der Waals surface area contributed by atoms with Gasteiger partial charge in [0, 0.05) is 45.0 Å². The second-order valence-corrected chi connectivity index (χ2v) is 5.76. The standard InChI is InChI=1S/C16H28N4/c1-4-8-17-16-7-6-14(11-18-16)12-20-10-9-19(3)15(5-2)13-20/h6-7,11,15H,4-5,8-10,12-13H2,1-3H3,(H,17,18). The van der Waals surface area contributed by atoms with Crippen LogP contribution < -0.4 is 5.32 Å². The number of likely N-dealkylation sites (N-methyl/N-ethyl adjacent to an activating group) is 1. The lowest BCUT2D eigenvalue weighted by molar-refractivity contribution is 0.0883. The molecular formula is C16H28N4. The van der Waals surface area contributed by atoms with E-state index in [1.165, 1.54) is 25.1 Å². The van der Waals surface area contributed by atoms with Crippen molar-refractivity contribution in [2.45, 2.75) is 39.3 Å². The van der Waals surface area contributed by atoms with E-state index >= 15 is 0 Å². The van der Waals surface area contributed by atoms with Gasteiger partial charge in [-0.2, -0.15) is 0 Å². The van der Waals surface area contributed by atoms with Crippen LogP contribution >= 0.6 is 0 Å². The second-order valence-electron chi connectivity index (χ2n) is 5.76. The van der Waals surface area contributed by atoms with E-state index in [-0.39, 0.29) is 0 Å². The molecule has 1 aliphatic heterocycles. The fourth-order valence-electron chi connectivity index (χ4n) is 2.73. The molecule has 0 spiro atoms. The lowest BCUT2D eigenvalue weighted by atomic mass is 10.1. The van der Waals surface area contributed by atoms with Gasteiger partial charge in [-0.3, -0.25) is 4.90 Å². The highest BCUT2D eigenvalue weighted by atomic mass is 15.3. The minimum atomic E-state index is 0.696. The third-order valence-electron chi connectivity index (χ3n) is 4.12. The summed E-state index contributed by atoms with van der Waals surface area (Å²) >= 11 is 0. The van der Waals surface area contributed by atoms with Crippen LogP contribution in [-0.4, -0.2) is 54.1 Å². The SMILES string of the molecule is CCCNc1ccc(CN2CCN(C)C(CC)C2)cn1. The highest BCUT2D eigenvalue weighted by molar-refractivity contribution is 5.35. The number of pyridine rings is 1. The van der Waals surface area contributed by atoms with Crippen LogP contribution in [0.15, 0.2) is 18.3 Å². The molecule has 0 aliphatic carbocycles. The molecule has 1 atom stereocenters. The summed E-state index contributed by atoms with van der Waals surface area (Å²) in [6.07, 6.45) is 4.37. The van der Waals surface area contributed by atoms with E-state index in [9.17, 15) is 0 Å². The molecule has 1 unspecified atom stereocenters. The number of anilines is 1. The molecule has 1 N–H and O–H groups in total. The van der Waals surface area contributed by atoms with Gasteiger partial charge in [0.25, 0.3) is 0 Å². The fraction of sp³-hybridized carbons (Fsp3) is 0.688. The van der Waals surface area contributed by atoms with Crippen LogP contribution in [0, 0.1) is 0 Å². The van der Waals surface area contributed by atoms with Crippen molar-refractivity contribution in [3.63, 3.8) is 0 Å². The smallest absolute Gasteiger partial charge is 0.125 e. The first-order chi connectivity index (χ1) is 9.72. The van der Waals surface area contributed by atoms with Crippen molar-refractivity contribution < 1.29 is 0 Å². The van der Waals surface area contributed by atoms with Crippen LogP contribution in [-0.2, 0) is 6.54 Å². The van der Waals surface area contributed by atoms with Crippen LogP contribution in [0.25, 0.3) is 0 Å². The summed E-state index contributed by atoms with van der Waals surface area (Å²) in [6.45, 7) is 9.95. The van der Waals surface area contributed by atoms with E-state index in [0.717, 1.165) is 31.9 Å². The zero-order valence-corrected chi connectivity index (χ0v) is 13.1. The maximum absolute atomic E-state index is 4.49. The molecule has 2 rings (SSSR count). The second kappa shape index (κ2) is 7.60. The largest absolute Gasteiger partial charge is 0.370 e. The van der Waals surface area contributed by atoms with Gasteiger partial charge < -0.3 is 10.2 Å². The normalized spacial score (nSPS) is 21.1. The number of nitrogens with zero attached hydrogens (tertiary/aromatic N) is 3. The molecule has 1 aromatic heterocycles. The van der Waals surface area contributed by atoms with Gasteiger partial charge in [-0.05, 0) is 31.5 Å². The Morgan fingerprint density at radius 3 is 2.80 bits per heavy atom. The monoisotopic (exact) mass is 276 g/mol. The summed E-state index contributed by atoms with van der Waals surface area (Å²) in [6, 6.07) is 4.99. The highest BCUT2D eigenvalue weighted by Gasteiger charge is 2.22. The van der Waals surface area contributed by atoms with Gasteiger partial charge in [-0.25, -0.2) is 4.98 Å². The summed E-state index contributed by atoms with van der Waals surface area (Å²) < 4.78 is 0. The van der Waals surface area contributed by atoms with E-state index in [4.69, 9.17) is 0 Å². The first-order valence-corrected chi connectivity index (χ1v) is 7.84. The maximum atomic E-state index is 4.49. The third-order valence-corrected chi connectivity index (χ3v) is 4.12. The van der Waals surface area contributed by atoms with Gasteiger partial charge in [0.1, 0.15) is 5.82 Å². The molecule has 4 nitrogen and oxygen atoms in total. The number of rotatable bonds is 6. The van der Waals surface area contributed by atoms with Crippen molar-refractivity contribution in [2.24, 2.45) is 0 Å². The third kappa shape index (κ3) is 4.18. The van der Waals surface area contributed by atoms with Crippen LogP contribution in [0.3, 0.4) is 0 Å². The molecule has 1 saturated heterocycles. The minimum absolute atomic E-state index is 0.696. The number of hydrogen-bond donors (Lipinski definition) is 1. The zero-order chi connectivity index (χ0) is 14.4. The average molecular weight is 276 g/mol. The van der Waals surface area contributed by atoms with E-state index in [1.54, 1.807) is 0 Å². The van der Waals surface area contributed by atoms with Crippen LogP contribution in [0.4, 0.5) is 5.82 Å². The highest BCUT2D eigenvalue weighted by Crippen LogP contribution is 2.14. The molecule has 20 heavy (non-hydrogen) atoms. The van der Waals surface area contributed by atoms with Crippen molar-refractivity contribution in [3.8, 4) is 0 Å². The molecule has 112 valence electrons. The lowest BCUT2D eigenvalue weighted by Crippen LogP contribution is -2.50. The van der Waals surface area contributed by atoms with Gasteiger partial charge in [0.2, 0.25) is 0 Å². The lowest BCUT2D eigenvalue weighted by Gasteiger charge is -2.39. The fourth-order valence-corrected chi connectivity index (χ4v) is 2.73. The molecule has 1 fully saturated rings. The molecule has 0 radical (unpaired) electrons. The summed E-state index contributed by atoms with van der Waals surface area (Å²) in [5, 5.41) is 3.32. The predicted molar refractivity (Wildman–Crippen MR) is 85.0 cm³/mol. The molecule has 0 bridgehead atoms. The number of aromatic nitrogens is 1. The van der Waals surface area contributed by atoms with Gasteiger partial charge in [0.05, 0.1) is 0 Å². The molecule has 0 aromatic carbocycles. The molecule has 4 heteroatoms. The van der Waals surface area contributed by atoms with Crippen LogP contribution in [0.1, 0.15) is 32.3 Å². The van der Waals surface area contributed by atoms with E-state index in [1.807, 2.05) is 6.20 Å². The Morgan fingerprint density at radius 2 is 2.15 bits per heavy atom. The summed E-state index contributed by atoms with van der Waals surface area (Å²) in [5.74, 6) is 0.986. The van der Waals surface area contributed by atoms with Crippen molar-refractivity contribution in [1.29, 1.82) is 0 Å². The van der Waals surface area contributed by atoms with Gasteiger partial charge in [-0.15, -0.1) is 0 Å². The van der Waals surface area contributed by atoms with Gasteiger partial charge in [0.15, 0.2) is 0 Å². The van der Waals surface area contributed by atoms with Crippen molar-refractivity contribution in [2.75, 3.05) is 38.5 Å². The summed E-state index contributed by atoms with van der Waals surface area (Å²) in [5.41, 5.74) is 1.31. The number of nitrogens with one attached hydrogen (secondary N) is 1. The Hall–Kier alpha value is -1.13. The van der Waals surface area contributed by atoms with Crippen molar-refractivity contribution in [1.82, 2.24) is 14.8 Å². The molecule has 0 saturated carbocycles. The predicted octanol–water partition coefficient (Wildman–Crippen LogP) is 2.43. The molecule has 0 amide bonds. The topological polar surface area (TPSA) is 31.4 Å². The Kier molecular flexibility index (Phi) is 5.80. The van der Waals surface area contributed by atoms with Crippen LogP contribution in [0.5, 0.6) is 0 Å². The maximum Gasteiger partial charge on any atom is 0.125 e. The van der Waals surface area contributed by atoms with E-state index < -0.39 is 0 Å². The number of piperazine rings is 1. The zero-order valence-electron chi connectivity index (χ0n) is 13.1. The Balaban J connectivity index is 1.86. The quantitative estimate of drug-likeness (QED) is 0.864. The number of hydrogen-bond acceptors (Lipinski definition) is 4. The van der Waals surface area contributed by atoms with Gasteiger partial charge in [-0.1, -0.05) is 19.9 Å².